The Kier molecular flexibility index (Phi) is 7.59. The average molecular weight is 438 g/mol. The fraction of sp³-hybridized carbons (Fsp3) is 0.519. The van der Waals surface area contributed by atoms with E-state index in [1.54, 1.807) is 12.1 Å². The first kappa shape index (κ1) is 22.9. The molecule has 0 spiro atoms. The van der Waals surface area contributed by atoms with E-state index in [1.807, 2.05) is 29.2 Å². The molecule has 172 valence electrons. The molecule has 2 aromatic carbocycles. The zero-order valence-electron chi connectivity index (χ0n) is 19.5. The van der Waals surface area contributed by atoms with Crippen LogP contribution >= 0.6 is 0 Å². The number of benzene rings is 2. The molecule has 2 aromatic rings. The average Bonchev–Trinajstić information content (AvgIpc) is 2.83. The third-order valence-corrected chi connectivity index (χ3v) is 7.31. The minimum absolute atomic E-state index is 0.0742. The Balaban J connectivity index is 1.39. The third kappa shape index (κ3) is 5.38. The molecule has 0 saturated carbocycles. The number of halogens is 1. The van der Waals surface area contributed by atoms with Gasteiger partial charge in [-0.15, -0.1) is 0 Å². The van der Waals surface area contributed by atoms with E-state index in [0.717, 1.165) is 49.6 Å². The van der Waals surface area contributed by atoms with Crippen LogP contribution in [0.2, 0.25) is 0 Å². The molecule has 0 aliphatic carbocycles. The molecule has 0 N–H and O–H groups in total. The first-order valence-corrected chi connectivity index (χ1v) is 12.1. The number of rotatable bonds is 6. The summed E-state index contributed by atoms with van der Waals surface area (Å²) >= 11 is 0. The lowest BCUT2D eigenvalue weighted by Gasteiger charge is -2.41. The lowest BCUT2D eigenvalue weighted by molar-refractivity contribution is 0.0612. The van der Waals surface area contributed by atoms with Crippen molar-refractivity contribution in [3.8, 4) is 11.1 Å². The number of piperidine rings is 2. The molecular formula is C27H36FN3O. The second kappa shape index (κ2) is 10.6. The van der Waals surface area contributed by atoms with Crippen molar-refractivity contribution in [1.82, 2.24) is 14.7 Å². The topological polar surface area (TPSA) is 26.8 Å². The van der Waals surface area contributed by atoms with Crippen molar-refractivity contribution >= 4 is 5.91 Å². The molecule has 0 unspecified atom stereocenters. The van der Waals surface area contributed by atoms with Gasteiger partial charge in [0, 0.05) is 24.7 Å². The van der Waals surface area contributed by atoms with E-state index in [2.05, 4.69) is 23.8 Å². The highest BCUT2D eigenvalue weighted by Crippen LogP contribution is 2.27. The highest BCUT2D eigenvalue weighted by atomic mass is 19.1. The van der Waals surface area contributed by atoms with Gasteiger partial charge in [0.15, 0.2) is 0 Å². The Morgan fingerprint density at radius 2 is 1.62 bits per heavy atom. The zero-order chi connectivity index (χ0) is 22.5. The number of amides is 1. The Morgan fingerprint density at radius 1 is 0.969 bits per heavy atom. The van der Waals surface area contributed by atoms with E-state index < -0.39 is 0 Å². The summed E-state index contributed by atoms with van der Waals surface area (Å²) in [6.07, 6.45) is 4.88. The molecule has 2 heterocycles. The molecule has 0 aromatic heterocycles. The van der Waals surface area contributed by atoms with Gasteiger partial charge >= 0.3 is 0 Å². The Labute approximate surface area is 192 Å². The van der Waals surface area contributed by atoms with Gasteiger partial charge in [-0.1, -0.05) is 30.3 Å². The molecule has 0 radical (unpaired) electrons. The summed E-state index contributed by atoms with van der Waals surface area (Å²) in [5, 5.41) is 0. The summed E-state index contributed by atoms with van der Waals surface area (Å²) in [6, 6.07) is 14.8. The van der Waals surface area contributed by atoms with Gasteiger partial charge in [0.2, 0.25) is 0 Å². The van der Waals surface area contributed by atoms with Crippen molar-refractivity contribution in [2.24, 2.45) is 5.92 Å². The van der Waals surface area contributed by atoms with Crippen LogP contribution in [0.1, 0.15) is 43.0 Å². The van der Waals surface area contributed by atoms with Gasteiger partial charge in [-0.25, -0.2) is 4.39 Å². The van der Waals surface area contributed by atoms with E-state index in [4.69, 9.17) is 0 Å². The number of carbonyl (C=O) groups is 1. The fourth-order valence-electron chi connectivity index (χ4n) is 5.25. The Bertz CT molecular complexity index is 884. The quantitative estimate of drug-likeness (QED) is 0.652. The van der Waals surface area contributed by atoms with Crippen LogP contribution in [-0.2, 0) is 0 Å². The molecule has 2 fully saturated rings. The van der Waals surface area contributed by atoms with E-state index >= 15 is 0 Å². The highest BCUT2D eigenvalue weighted by molar-refractivity contribution is 6.00. The molecule has 2 aliphatic rings. The monoisotopic (exact) mass is 437 g/mol. The van der Waals surface area contributed by atoms with Crippen molar-refractivity contribution in [3.63, 3.8) is 0 Å². The van der Waals surface area contributed by atoms with E-state index in [1.165, 1.54) is 38.1 Å². The molecule has 4 nitrogen and oxygen atoms in total. The summed E-state index contributed by atoms with van der Waals surface area (Å²) in [4.78, 5) is 20.6. The SMILES string of the molecule is CCN(CC1CCN(C2CCN(C)CC2)CC1)C(=O)c1ccccc1-c1ccc(F)cc1. The number of hydrogen-bond acceptors (Lipinski definition) is 3. The third-order valence-electron chi connectivity index (χ3n) is 7.31. The van der Waals surface area contributed by atoms with Crippen molar-refractivity contribution in [1.29, 1.82) is 0 Å². The summed E-state index contributed by atoms with van der Waals surface area (Å²) in [5.74, 6) is 0.365. The molecular weight excluding hydrogens is 401 g/mol. The van der Waals surface area contributed by atoms with Crippen LogP contribution in [0.15, 0.2) is 48.5 Å². The second-order valence-electron chi connectivity index (χ2n) is 9.41. The molecule has 0 atom stereocenters. The number of carbonyl (C=O) groups excluding carboxylic acids is 1. The molecule has 2 aliphatic heterocycles. The van der Waals surface area contributed by atoms with Crippen molar-refractivity contribution in [2.45, 2.75) is 38.6 Å². The molecule has 5 heteroatoms. The van der Waals surface area contributed by atoms with Crippen LogP contribution in [0.5, 0.6) is 0 Å². The van der Waals surface area contributed by atoms with Crippen LogP contribution in [0, 0.1) is 11.7 Å². The predicted molar refractivity (Wildman–Crippen MR) is 128 cm³/mol. The molecule has 1 amide bonds. The number of nitrogens with zero attached hydrogens (tertiary/aromatic N) is 3. The fourth-order valence-corrected chi connectivity index (χ4v) is 5.25. The van der Waals surface area contributed by atoms with Gasteiger partial charge in [-0.3, -0.25) is 4.79 Å². The van der Waals surface area contributed by atoms with Gasteiger partial charge in [-0.2, -0.15) is 0 Å². The zero-order valence-corrected chi connectivity index (χ0v) is 19.5. The second-order valence-corrected chi connectivity index (χ2v) is 9.41. The van der Waals surface area contributed by atoms with E-state index in [9.17, 15) is 9.18 Å². The van der Waals surface area contributed by atoms with Crippen LogP contribution in [0.25, 0.3) is 11.1 Å². The summed E-state index contributed by atoms with van der Waals surface area (Å²) < 4.78 is 13.4. The van der Waals surface area contributed by atoms with Gasteiger partial charge < -0.3 is 14.7 Å². The minimum Gasteiger partial charge on any atom is -0.339 e. The van der Waals surface area contributed by atoms with Crippen LogP contribution < -0.4 is 0 Å². The normalized spacial score (nSPS) is 19.2. The van der Waals surface area contributed by atoms with Crippen LogP contribution in [0.4, 0.5) is 4.39 Å². The highest BCUT2D eigenvalue weighted by Gasteiger charge is 2.29. The molecule has 2 saturated heterocycles. The lowest BCUT2D eigenvalue weighted by atomic mass is 9.92. The Morgan fingerprint density at radius 3 is 2.28 bits per heavy atom. The van der Waals surface area contributed by atoms with Gasteiger partial charge in [0.25, 0.3) is 5.91 Å². The van der Waals surface area contributed by atoms with Crippen molar-refractivity contribution in [2.75, 3.05) is 46.3 Å². The largest absolute Gasteiger partial charge is 0.339 e. The molecule has 4 rings (SSSR count). The van der Waals surface area contributed by atoms with Crippen molar-refractivity contribution in [3.05, 3.63) is 59.9 Å². The van der Waals surface area contributed by atoms with Gasteiger partial charge in [0.05, 0.1) is 0 Å². The first-order valence-electron chi connectivity index (χ1n) is 12.1. The smallest absolute Gasteiger partial charge is 0.254 e. The summed E-state index contributed by atoms with van der Waals surface area (Å²) in [6.45, 7) is 8.28. The van der Waals surface area contributed by atoms with Crippen molar-refractivity contribution < 1.29 is 9.18 Å². The minimum atomic E-state index is -0.265. The Hall–Kier alpha value is -2.24. The summed E-state index contributed by atoms with van der Waals surface area (Å²) in [5.41, 5.74) is 2.44. The summed E-state index contributed by atoms with van der Waals surface area (Å²) in [7, 11) is 2.22. The maximum Gasteiger partial charge on any atom is 0.254 e. The van der Waals surface area contributed by atoms with Gasteiger partial charge in [-0.05, 0) is 101 Å². The predicted octanol–water partition coefficient (Wildman–Crippen LogP) is 4.76. The van der Waals surface area contributed by atoms with Crippen LogP contribution in [0.3, 0.4) is 0 Å². The van der Waals surface area contributed by atoms with Crippen LogP contribution in [-0.4, -0.2) is 73.0 Å². The standard InChI is InChI=1S/C27H36FN3O/c1-3-30(20-21-12-18-31(19-13-21)24-14-16-29(2)17-15-24)27(32)26-7-5-4-6-25(26)22-8-10-23(28)11-9-22/h4-11,21,24H,3,12-20H2,1-2H3. The molecule has 32 heavy (non-hydrogen) atoms. The lowest BCUT2D eigenvalue weighted by Crippen LogP contribution is -2.48. The number of hydrogen-bond donors (Lipinski definition) is 0. The maximum absolute atomic E-state index is 13.5. The van der Waals surface area contributed by atoms with E-state index in [0.29, 0.717) is 18.0 Å². The maximum atomic E-state index is 13.5. The van der Waals surface area contributed by atoms with E-state index in [-0.39, 0.29) is 11.7 Å². The number of likely N-dealkylation sites (tertiary alicyclic amines) is 2. The van der Waals surface area contributed by atoms with Gasteiger partial charge in [0.1, 0.15) is 5.82 Å². The molecule has 0 bridgehead atoms. The first-order chi connectivity index (χ1) is 15.5.